The van der Waals surface area contributed by atoms with Crippen LogP contribution < -0.4 is 5.32 Å². The Kier molecular flexibility index (Phi) is 5.21. The Labute approximate surface area is 131 Å². The number of nitrogens with zero attached hydrogens (tertiary/aromatic N) is 3. The molecule has 0 aliphatic carbocycles. The number of hydrogen-bond donors (Lipinski definition) is 1. The van der Waals surface area contributed by atoms with Gasteiger partial charge in [0.1, 0.15) is 0 Å². The molecule has 2 rings (SSSR count). The lowest BCUT2D eigenvalue weighted by Crippen LogP contribution is -2.55. The topological polar surface area (TPSA) is 67.2 Å². The van der Waals surface area contributed by atoms with Crippen LogP contribution in [-0.2, 0) is 17.8 Å². The number of aromatic nitrogens is 2. The predicted molar refractivity (Wildman–Crippen MR) is 84.5 cm³/mol. The summed E-state index contributed by atoms with van der Waals surface area (Å²) in [5.74, 6) is 0.448. The molecule has 1 aromatic heterocycles. The van der Waals surface area contributed by atoms with Crippen LogP contribution in [0.25, 0.3) is 0 Å². The second kappa shape index (κ2) is 6.94. The first-order valence-electron chi connectivity index (χ1n) is 8.09. The lowest BCUT2D eigenvalue weighted by atomic mass is 9.97. The van der Waals surface area contributed by atoms with Gasteiger partial charge in [-0.2, -0.15) is 5.10 Å². The van der Waals surface area contributed by atoms with E-state index in [-0.39, 0.29) is 17.7 Å². The molecule has 1 aromatic rings. The maximum absolute atomic E-state index is 12.6. The van der Waals surface area contributed by atoms with E-state index in [2.05, 4.69) is 24.3 Å². The van der Waals surface area contributed by atoms with Crippen LogP contribution in [0, 0.1) is 11.8 Å². The molecule has 0 saturated carbocycles. The zero-order chi connectivity index (χ0) is 16.3. The number of rotatable bonds is 6. The molecule has 0 radical (unpaired) electrons. The van der Waals surface area contributed by atoms with Gasteiger partial charge in [0.2, 0.25) is 5.91 Å². The SMILES string of the molecule is CCNC(=O)C1CN(C(=O)c2cnn(CC(C)C)c2CC)C1. The predicted octanol–water partition coefficient (Wildman–Crippen LogP) is 1.31. The minimum atomic E-state index is -0.0697. The summed E-state index contributed by atoms with van der Waals surface area (Å²) in [7, 11) is 0. The lowest BCUT2D eigenvalue weighted by molar-refractivity contribution is -0.128. The van der Waals surface area contributed by atoms with Gasteiger partial charge in [-0.1, -0.05) is 20.8 Å². The zero-order valence-corrected chi connectivity index (χ0v) is 13.9. The van der Waals surface area contributed by atoms with E-state index in [0.29, 0.717) is 31.1 Å². The summed E-state index contributed by atoms with van der Waals surface area (Å²) < 4.78 is 1.93. The van der Waals surface area contributed by atoms with E-state index >= 15 is 0 Å². The third-order valence-electron chi connectivity index (χ3n) is 3.94. The van der Waals surface area contributed by atoms with Crippen LogP contribution in [0.15, 0.2) is 6.20 Å². The second-order valence-corrected chi connectivity index (χ2v) is 6.24. The van der Waals surface area contributed by atoms with E-state index in [9.17, 15) is 9.59 Å². The van der Waals surface area contributed by atoms with Gasteiger partial charge in [0.05, 0.1) is 23.4 Å². The van der Waals surface area contributed by atoms with Crippen molar-refractivity contribution in [2.24, 2.45) is 11.8 Å². The molecule has 1 aliphatic rings. The maximum atomic E-state index is 12.6. The van der Waals surface area contributed by atoms with Crippen molar-refractivity contribution < 1.29 is 9.59 Å². The van der Waals surface area contributed by atoms with Gasteiger partial charge in [-0.25, -0.2) is 0 Å². The largest absolute Gasteiger partial charge is 0.356 e. The van der Waals surface area contributed by atoms with Crippen molar-refractivity contribution in [2.45, 2.75) is 40.7 Å². The van der Waals surface area contributed by atoms with Crippen molar-refractivity contribution in [3.63, 3.8) is 0 Å². The molecule has 0 unspecified atom stereocenters. The van der Waals surface area contributed by atoms with Crippen LogP contribution in [-0.4, -0.2) is 46.1 Å². The van der Waals surface area contributed by atoms with E-state index in [4.69, 9.17) is 0 Å². The molecule has 0 bridgehead atoms. The molecule has 1 fully saturated rings. The highest BCUT2D eigenvalue weighted by atomic mass is 16.2. The van der Waals surface area contributed by atoms with Crippen LogP contribution in [0.3, 0.4) is 0 Å². The minimum Gasteiger partial charge on any atom is -0.356 e. The standard InChI is InChI=1S/C16H26N4O2/c1-5-14-13(7-18-20(14)8-11(3)4)16(22)19-9-12(10-19)15(21)17-6-2/h7,11-12H,5-6,8-10H2,1-4H3,(H,17,21). The average molecular weight is 306 g/mol. The van der Waals surface area contributed by atoms with Crippen LogP contribution in [0.1, 0.15) is 43.7 Å². The van der Waals surface area contributed by atoms with Crippen LogP contribution in [0.5, 0.6) is 0 Å². The molecule has 6 nitrogen and oxygen atoms in total. The summed E-state index contributed by atoms with van der Waals surface area (Å²) >= 11 is 0. The number of likely N-dealkylation sites (tertiary alicyclic amines) is 1. The quantitative estimate of drug-likeness (QED) is 0.861. The van der Waals surface area contributed by atoms with Gasteiger partial charge in [-0.3, -0.25) is 14.3 Å². The number of carbonyl (C=O) groups is 2. The van der Waals surface area contributed by atoms with Gasteiger partial charge >= 0.3 is 0 Å². The first-order chi connectivity index (χ1) is 10.5. The van der Waals surface area contributed by atoms with E-state index in [1.54, 1.807) is 11.1 Å². The van der Waals surface area contributed by atoms with E-state index in [0.717, 1.165) is 18.7 Å². The Morgan fingerprint density at radius 2 is 2.05 bits per heavy atom. The van der Waals surface area contributed by atoms with Crippen LogP contribution >= 0.6 is 0 Å². The van der Waals surface area contributed by atoms with Gasteiger partial charge < -0.3 is 10.2 Å². The molecule has 2 heterocycles. The molecule has 122 valence electrons. The van der Waals surface area contributed by atoms with Crippen molar-refractivity contribution in [3.8, 4) is 0 Å². The molecule has 1 saturated heterocycles. The first-order valence-corrected chi connectivity index (χ1v) is 8.09. The zero-order valence-electron chi connectivity index (χ0n) is 13.9. The molecule has 1 aliphatic heterocycles. The molecule has 0 aromatic carbocycles. The number of hydrogen-bond acceptors (Lipinski definition) is 3. The Morgan fingerprint density at radius 1 is 1.36 bits per heavy atom. The normalized spacial score (nSPS) is 15.0. The average Bonchev–Trinajstić information content (AvgIpc) is 2.79. The fourth-order valence-corrected chi connectivity index (χ4v) is 2.76. The lowest BCUT2D eigenvalue weighted by Gasteiger charge is -2.38. The minimum absolute atomic E-state index is 0.00703. The molecule has 0 spiro atoms. The molecule has 2 amide bonds. The molecule has 1 N–H and O–H groups in total. The fraction of sp³-hybridized carbons (Fsp3) is 0.688. The van der Waals surface area contributed by atoms with Gasteiger partial charge in [0.15, 0.2) is 0 Å². The molecule has 6 heteroatoms. The summed E-state index contributed by atoms with van der Waals surface area (Å²) in [4.78, 5) is 26.0. The Morgan fingerprint density at radius 3 is 2.59 bits per heavy atom. The number of carbonyl (C=O) groups excluding carboxylic acids is 2. The molecular formula is C16H26N4O2. The van der Waals surface area contributed by atoms with Gasteiger partial charge in [-0.05, 0) is 19.3 Å². The summed E-state index contributed by atoms with van der Waals surface area (Å²) in [6, 6.07) is 0. The van der Waals surface area contributed by atoms with E-state index in [1.807, 2.05) is 18.5 Å². The summed E-state index contributed by atoms with van der Waals surface area (Å²) in [6.07, 6.45) is 2.45. The number of nitrogens with one attached hydrogen (secondary N) is 1. The highest BCUT2D eigenvalue weighted by molar-refractivity contribution is 5.96. The van der Waals surface area contributed by atoms with Crippen LogP contribution in [0.4, 0.5) is 0 Å². The van der Waals surface area contributed by atoms with Crippen molar-refractivity contribution in [2.75, 3.05) is 19.6 Å². The fourth-order valence-electron chi connectivity index (χ4n) is 2.76. The summed E-state index contributed by atoms with van der Waals surface area (Å²) in [6.45, 7) is 10.7. The molecule has 0 atom stereocenters. The Balaban J connectivity index is 2.02. The second-order valence-electron chi connectivity index (χ2n) is 6.24. The smallest absolute Gasteiger partial charge is 0.257 e. The van der Waals surface area contributed by atoms with E-state index < -0.39 is 0 Å². The van der Waals surface area contributed by atoms with Crippen molar-refractivity contribution >= 4 is 11.8 Å². The highest BCUT2D eigenvalue weighted by Gasteiger charge is 2.36. The first kappa shape index (κ1) is 16.5. The van der Waals surface area contributed by atoms with Crippen molar-refractivity contribution in [3.05, 3.63) is 17.5 Å². The van der Waals surface area contributed by atoms with Crippen molar-refractivity contribution in [1.29, 1.82) is 0 Å². The van der Waals surface area contributed by atoms with Gasteiger partial charge in [0, 0.05) is 26.2 Å². The highest BCUT2D eigenvalue weighted by Crippen LogP contribution is 2.21. The van der Waals surface area contributed by atoms with E-state index in [1.165, 1.54) is 0 Å². The Hall–Kier alpha value is -1.85. The monoisotopic (exact) mass is 306 g/mol. The summed E-state index contributed by atoms with van der Waals surface area (Å²) in [5, 5.41) is 7.16. The number of amides is 2. The molecule has 22 heavy (non-hydrogen) atoms. The van der Waals surface area contributed by atoms with Crippen molar-refractivity contribution in [1.82, 2.24) is 20.0 Å². The third-order valence-corrected chi connectivity index (χ3v) is 3.94. The van der Waals surface area contributed by atoms with Gasteiger partial charge in [0.25, 0.3) is 5.91 Å². The summed E-state index contributed by atoms with van der Waals surface area (Å²) in [5.41, 5.74) is 1.66. The maximum Gasteiger partial charge on any atom is 0.257 e. The van der Waals surface area contributed by atoms with Gasteiger partial charge in [-0.15, -0.1) is 0 Å². The Bertz CT molecular complexity index is 544. The van der Waals surface area contributed by atoms with Crippen LogP contribution in [0.2, 0.25) is 0 Å². The molecular weight excluding hydrogens is 280 g/mol. The third kappa shape index (κ3) is 3.31.